The highest BCUT2D eigenvalue weighted by Gasteiger charge is 2.39. The zero-order valence-corrected chi connectivity index (χ0v) is 16.4. The summed E-state index contributed by atoms with van der Waals surface area (Å²) in [6.45, 7) is 6.73. The van der Waals surface area contributed by atoms with E-state index >= 15 is 0 Å². The van der Waals surface area contributed by atoms with Crippen LogP contribution in [0.1, 0.15) is 55.5 Å². The summed E-state index contributed by atoms with van der Waals surface area (Å²) in [6.07, 6.45) is 2.93. The largest absolute Gasteiger partial charge is 0.489 e. The van der Waals surface area contributed by atoms with Gasteiger partial charge in [0.25, 0.3) is 5.91 Å². The third kappa shape index (κ3) is 3.51. The SMILES string of the molecule is CCN1C[C@H](Oc2ccc3c(c2)CN([C@@H]2CCC(=O)NC2=O)C3=O)CC[C@@H]1C. The fourth-order valence-corrected chi connectivity index (χ4v) is 4.50. The van der Waals surface area contributed by atoms with E-state index < -0.39 is 6.04 Å². The molecule has 4 rings (SSSR count). The number of hydrogen-bond donors (Lipinski definition) is 1. The van der Waals surface area contributed by atoms with Gasteiger partial charge in [-0.05, 0) is 56.5 Å². The van der Waals surface area contributed by atoms with Crippen LogP contribution in [0.3, 0.4) is 0 Å². The van der Waals surface area contributed by atoms with Gasteiger partial charge in [0.2, 0.25) is 11.8 Å². The lowest BCUT2D eigenvalue weighted by atomic mass is 10.0. The van der Waals surface area contributed by atoms with Crippen LogP contribution in [0.2, 0.25) is 0 Å². The first-order chi connectivity index (χ1) is 13.5. The van der Waals surface area contributed by atoms with Gasteiger partial charge in [0.1, 0.15) is 17.9 Å². The Kier molecular flexibility index (Phi) is 5.10. The molecule has 0 aliphatic carbocycles. The van der Waals surface area contributed by atoms with Gasteiger partial charge in [0.05, 0.1) is 0 Å². The lowest BCUT2D eigenvalue weighted by Crippen LogP contribution is -2.52. The van der Waals surface area contributed by atoms with Gasteiger partial charge in [0, 0.05) is 31.1 Å². The molecule has 0 bridgehead atoms. The van der Waals surface area contributed by atoms with Gasteiger partial charge in [-0.25, -0.2) is 0 Å². The zero-order valence-electron chi connectivity index (χ0n) is 16.4. The Balaban J connectivity index is 1.45. The summed E-state index contributed by atoms with van der Waals surface area (Å²) in [5.74, 6) is -0.0409. The van der Waals surface area contributed by atoms with Gasteiger partial charge >= 0.3 is 0 Å². The minimum Gasteiger partial charge on any atom is -0.489 e. The van der Waals surface area contributed by atoms with Crippen molar-refractivity contribution in [1.82, 2.24) is 15.1 Å². The highest BCUT2D eigenvalue weighted by molar-refractivity contribution is 6.05. The molecule has 0 spiro atoms. The van der Waals surface area contributed by atoms with Crippen LogP contribution >= 0.6 is 0 Å². The van der Waals surface area contributed by atoms with Crippen molar-refractivity contribution in [3.8, 4) is 5.75 Å². The highest BCUT2D eigenvalue weighted by atomic mass is 16.5. The molecule has 3 aliphatic heterocycles. The summed E-state index contributed by atoms with van der Waals surface area (Å²) in [5, 5.41) is 2.33. The minimum atomic E-state index is -0.583. The molecule has 3 heterocycles. The number of ether oxygens (including phenoxy) is 1. The van der Waals surface area contributed by atoms with E-state index in [-0.39, 0.29) is 30.2 Å². The first-order valence-electron chi connectivity index (χ1n) is 10.1. The van der Waals surface area contributed by atoms with Crippen molar-refractivity contribution in [2.45, 2.75) is 64.3 Å². The Morgan fingerprint density at radius 1 is 1.18 bits per heavy atom. The van der Waals surface area contributed by atoms with Crippen LogP contribution in [0.5, 0.6) is 5.75 Å². The molecule has 1 aromatic rings. The van der Waals surface area contributed by atoms with Crippen molar-refractivity contribution >= 4 is 17.7 Å². The van der Waals surface area contributed by atoms with E-state index in [1.807, 2.05) is 12.1 Å². The number of piperidine rings is 2. The number of amides is 3. The Labute approximate surface area is 165 Å². The molecule has 1 N–H and O–H groups in total. The normalized spacial score (nSPS) is 28.3. The smallest absolute Gasteiger partial charge is 0.255 e. The highest BCUT2D eigenvalue weighted by Crippen LogP contribution is 2.31. The van der Waals surface area contributed by atoms with Gasteiger partial charge in [-0.1, -0.05) is 6.92 Å². The molecular weight excluding hydrogens is 358 g/mol. The number of carbonyl (C=O) groups excluding carboxylic acids is 3. The second kappa shape index (κ2) is 7.54. The van der Waals surface area contributed by atoms with Crippen molar-refractivity contribution in [2.75, 3.05) is 13.1 Å². The maximum Gasteiger partial charge on any atom is 0.255 e. The zero-order chi connectivity index (χ0) is 19.8. The molecule has 28 heavy (non-hydrogen) atoms. The summed E-state index contributed by atoms with van der Waals surface area (Å²) >= 11 is 0. The number of carbonyl (C=O) groups is 3. The van der Waals surface area contributed by atoms with E-state index in [2.05, 4.69) is 24.1 Å². The molecule has 2 fully saturated rings. The number of hydrogen-bond acceptors (Lipinski definition) is 5. The molecule has 150 valence electrons. The van der Waals surface area contributed by atoms with Crippen molar-refractivity contribution in [1.29, 1.82) is 0 Å². The van der Waals surface area contributed by atoms with Crippen LogP contribution < -0.4 is 10.1 Å². The lowest BCUT2D eigenvalue weighted by Gasteiger charge is -2.37. The molecular formula is C21H27N3O4. The first kappa shape index (κ1) is 18.9. The predicted octanol–water partition coefficient (Wildman–Crippen LogP) is 1.70. The molecule has 0 unspecified atom stereocenters. The van der Waals surface area contributed by atoms with Gasteiger partial charge in [-0.3, -0.25) is 24.6 Å². The van der Waals surface area contributed by atoms with Crippen LogP contribution in [-0.2, 0) is 16.1 Å². The molecule has 7 heteroatoms. The Bertz CT molecular complexity index is 809. The predicted molar refractivity (Wildman–Crippen MR) is 103 cm³/mol. The van der Waals surface area contributed by atoms with E-state index in [1.54, 1.807) is 11.0 Å². The summed E-state index contributed by atoms with van der Waals surface area (Å²) in [4.78, 5) is 40.3. The van der Waals surface area contributed by atoms with E-state index in [1.165, 1.54) is 0 Å². The van der Waals surface area contributed by atoms with Crippen LogP contribution in [0.15, 0.2) is 18.2 Å². The molecule has 0 saturated carbocycles. The van der Waals surface area contributed by atoms with E-state index in [0.717, 1.165) is 37.2 Å². The number of benzene rings is 1. The average Bonchev–Trinajstić information content (AvgIpc) is 2.99. The van der Waals surface area contributed by atoms with Gasteiger partial charge in [0.15, 0.2) is 0 Å². The maximum atomic E-state index is 12.8. The number of likely N-dealkylation sites (N-methyl/N-ethyl adjacent to an activating group) is 1. The first-order valence-corrected chi connectivity index (χ1v) is 10.1. The van der Waals surface area contributed by atoms with E-state index in [9.17, 15) is 14.4 Å². The molecule has 0 radical (unpaired) electrons. The summed E-state index contributed by atoms with van der Waals surface area (Å²) in [7, 11) is 0. The van der Waals surface area contributed by atoms with Crippen LogP contribution in [0, 0.1) is 0 Å². The van der Waals surface area contributed by atoms with Crippen LogP contribution in [0.4, 0.5) is 0 Å². The number of fused-ring (bicyclic) bond motifs is 1. The average molecular weight is 385 g/mol. The third-order valence-electron chi connectivity index (χ3n) is 6.17. The number of rotatable bonds is 4. The second-order valence-electron chi connectivity index (χ2n) is 7.97. The Hall–Kier alpha value is -2.41. The monoisotopic (exact) mass is 385 g/mol. The molecule has 3 aliphatic rings. The summed E-state index contributed by atoms with van der Waals surface area (Å²) < 4.78 is 6.22. The number of imide groups is 1. The molecule has 2 saturated heterocycles. The van der Waals surface area contributed by atoms with Crippen molar-refractivity contribution in [3.05, 3.63) is 29.3 Å². The van der Waals surface area contributed by atoms with E-state index in [0.29, 0.717) is 24.6 Å². The molecule has 1 aromatic carbocycles. The molecule has 3 atom stereocenters. The summed E-state index contributed by atoms with van der Waals surface area (Å²) in [6, 6.07) is 5.57. The lowest BCUT2D eigenvalue weighted by molar-refractivity contribution is -0.136. The Morgan fingerprint density at radius 2 is 2.00 bits per heavy atom. The fourth-order valence-electron chi connectivity index (χ4n) is 4.50. The van der Waals surface area contributed by atoms with E-state index in [4.69, 9.17) is 4.74 Å². The fraction of sp³-hybridized carbons (Fsp3) is 0.571. The molecule has 7 nitrogen and oxygen atoms in total. The quantitative estimate of drug-likeness (QED) is 0.798. The standard InChI is InChI=1S/C21H27N3O4/c1-3-23-12-16(5-4-13(23)2)28-15-6-7-17-14(10-15)11-24(21(17)27)18-8-9-19(25)22-20(18)26/h6-7,10,13,16,18H,3-5,8-9,11-12H2,1-2H3,(H,22,25,26)/t13-,16+,18+/m0/s1. The van der Waals surface area contributed by atoms with Crippen LogP contribution in [-0.4, -0.2) is 58.8 Å². The van der Waals surface area contributed by atoms with Crippen molar-refractivity contribution < 1.29 is 19.1 Å². The van der Waals surface area contributed by atoms with Gasteiger partial charge in [-0.2, -0.15) is 0 Å². The second-order valence-corrected chi connectivity index (χ2v) is 7.97. The number of nitrogens with zero attached hydrogens (tertiary/aromatic N) is 2. The van der Waals surface area contributed by atoms with Gasteiger partial charge in [-0.15, -0.1) is 0 Å². The van der Waals surface area contributed by atoms with Crippen LogP contribution in [0.25, 0.3) is 0 Å². The topological polar surface area (TPSA) is 79.0 Å². The molecule has 3 amide bonds. The van der Waals surface area contributed by atoms with Crippen molar-refractivity contribution in [2.24, 2.45) is 0 Å². The Morgan fingerprint density at radius 3 is 2.75 bits per heavy atom. The maximum absolute atomic E-state index is 12.8. The summed E-state index contributed by atoms with van der Waals surface area (Å²) in [5.41, 5.74) is 1.49. The van der Waals surface area contributed by atoms with Crippen molar-refractivity contribution in [3.63, 3.8) is 0 Å². The number of nitrogens with one attached hydrogen (secondary N) is 1. The minimum absolute atomic E-state index is 0.151. The molecule has 0 aromatic heterocycles. The van der Waals surface area contributed by atoms with Gasteiger partial charge < -0.3 is 9.64 Å². The third-order valence-corrected chi connectivity index (χ3v) is 6.17. The number of likely N-dealkylation sites (tertiary alicyclic amines) is 1.